The van der Waals surface area contributed by atoms with Gasteiger partial charge in [-0.1, -0.05) is 60.2 Å². The van der Waals surface area contributed by atoms with Gasteiger partial charge in [0, 0.05) is 5.56 Å². The lowest BCUT2D eigenvalue weighted by atomic mass is 9.99. The Hall–Kier alpha value is -2.87. The summed E-state index contributed by atoms with van der Waals surface area (Å²) in [7, 11) is 0. The molecular formula is C23H22N2. The summed E-state index contributed by atoms with van der Waals surface area (Å²) in [5.74, 6) is 1.03. The molecule has 0 atom stereocenters. The van der Waals surface area contributed by atoms with Gasteiger partial charge in [0.05, 0.1) is 17.6 Å². The van der Waals surface area contributed by atoms with Crippen LogP contribution in [0.4, 0.5) is 0 Å². The Balaban J connectivity index is 1.92. The maximum absolute atomic E-state index is 4.92. The summed E-state index contributed by atoms with van der Waals surface area (Å²) in [6.07, 6.45) is 0. The van der Waals surface area contributed by atoms with Gasteiger partial charge in [-0.15, -0.1) is 0 Å². The van der Waals surface area contributed by atoms with E-state index < -0.39 is 0 Å². The summed E-state index contributed by atoms with van der Waals surface area (Å²) in [6, 6.07) is 23.4. The van der Waals surface area contributed by atoms with Crippen molar-refractivity contribution in [2.45, 2.75) is 27.3 Å². The summed E-state index contributed by atoms with van der Waals surface area (Å²) in [5.41, 5.74) is 8.76. The fourth-order valence-corrected chi connectivity index (χ4v) is 3.66. The minimum atomic E-state index is 0.836. The standard InChI is InChI=1S/C23H22N2/c1-16-13-17(2)20(18(3)14-16)15-25-22-12-8-7-11-21(22)24-23(25)19-9-5-4-6-10-19/h4-14H,15H2,1-3H3. The fourth-order valence-electron chi connectivity index (χ4n) is 3.66. The highest BCUT2D eigenvalue weighted by Crippen LogP contribution is 2.27. The van der Waals surface area contributed by atoms with Crippen LogP contribution in [0.3, 0.4) is 0 Å². The summed E-state index contributed by atoms with van der Waals surface area (Å²) in [6.45, 7) is 7.40. The zero-order valence-corrected chi connectivity index (χ0v) is 15.0. The van der Waals surface area contributed by atoms with E-state index in [-0.39, 0.29) is 0 Å². The average Bonchev–Trinajstić information content (AvgIpc) is 2.97. The summed E-state index contributed by atoms with van der Waals surface area (Å²) < 4.78 is 2.34. The van der Waals surface area contributed by atoms with Crippen molar-refractivity contribution in [3.8, 4) is 11.4 Å². The fraction of sp³-hybridized carbons (Fsp3) is 0.174. The lowest BCUT2D eigenvalue weighted by molar-refractivity contribution is 0.821. The van der Waals surface area contributed by atoms with Crippen LogP contribution in [0, 0.1) is 20.8 Å². The summed E-state index contributed by atoms with van der Waals surface area (Å²) in [5, 5.41) is 0. The number of nitrogens with zero attached hydrogens (tertiary/aromatic N) is 2. The molecule has 0 aliphatic rings. The molecule has 0 spiro atoms. The molecule has 0 fully saturated rings. The molecule has 25 heavy (non-hydrogen) atoms. The molecule has 0 unspecified atom stereocenters. The lowest BCUT2D eigenvalue weighted by Crippen LogP contribution is -2.06. The SMILES string of the molecule is Cc1cc(C)c(Cn2c(-c3ccccc3)nc3ccccc32)c(C)c1. The van der Waals surface area contributed by atoms with Crippen molar-refractivity contribution in [1.82, 2.24) is 9.55 Å². The quantitative estimate of drug-likeness (QED) is 0.474. The first kappa shape index (κ1) is 15.6. The first-order chi connectivity index (χ1) is 12.1. The molecule has 0 saturated heterocycles. The van der Waals surface area contributed by atoms with Gasteiger partial charge >= 0.3 is 0 Å². The predicted molar refractivity (Wildman–Crippen MR) is 105 cm³/mol. The van der Waals surface area contributed by atoms with Crippen molar-refractivity contribution in [2.75, 3.05) is 0 Å². The normalized spacial score (nSPS) is 11.2. The lowest BCUT2D eigenvalue weighted by Gasteiger charge is -2.15. The van der Waals surface area contributed by atoms with Gasteiger partial charge in [-0.25, -0.2) is 4.98 Å². The zero-order valence-electron chi connectivity index (χ0n) is 15.0. The van der Waals surface area contributed by atoms with E-state index >= 15 is 0 Å². The Morgan fingerprint density at radius 1 is 0.800 bits per heavy atom. The largest absolute Gasteiger partial charge is 0.319 e. The Morgan fingerprint density at radius 3 is 2.16 bits per heavy atom. The Morgan fingerprint density at radius 2 is 1.44 bits per heavy atom. The minimum Gasteiger partial charge on any atom is -0.319 e. The van der Waals surface area contributed by atoms with Crippen molar-refractivity contribution in [3.63, 3.8) is 0 Å². The number of hydrogen-bond donors (Lipinski definition) is 0. The smallest absolute Gasteiger partial charge is 0.141 e. The molecule has 0 saturated carbocycles. The number of aromatic nitrogens is 2. The molecule has 0 N–H and O–H groups in total. The van der Waals surface area contributed by atoms with Crippen molar-refractivity contribution in [3.05, 3.63) is 89.0 Å². The maximum Gasteiger partial charge on any atom is 0.141 e. The molecule has 2 nitrogen and oxygen atoms in total. The van der Waals surface area contributed by atoms with Gasteiger partial charge in [0.15, 0.2) is 0 Å². The van der Waals surface area contributed by atoms with Gasteiger partial charge < -0.3 is 4.57 Å². The number of fused-ring (bicyclic) bond motifs is 1. The number of benzene rings is 3. The van der Waals surface area contributed by atoms with E-state index in [1.54, 1.807) is 0 Å². The molecule has 1 aromatic heterocycles. The van der Waals surface area contributed by atoms with E-state index in [1.807, 2.05) is 6.07 Å². The monoisotopic (exact) mass is 326 g/mol. The molecule has 4 rings (SSSR count). The van der Waals surface area contributed by atoms with E-state index in [0.717, 1.165) is 23.4 Å². The van der Waals surface area contributed by atoms with E-state index in [9.17, 15) is 0 Å². The van der Waals surface area contributed by atoms with E-state index in [2.05, 4.69) is 86.0 Å². The second kappa shape index (κ2) is 6.21. The number of rotatable bonds is 3. The molecule has 0 amide bonds. The second-order valence-corrected chi connectivity index (χ2v) is 6.75. The van der Waals surface area contributed by atoms with Crippen LogP contribution < -0.4 is 0 Å². The highest BCUT2D eigenvalue weighted by atomic mass is 15.1. The third-order valence-corrected chi connectivity index (χ3v) is 4.84. The molecule has 1 heterocycles. The first-order valence-corrected chi connectivity index (χ1v) is 8.71. The van der Waals surface area contributed by atoms with Crippen molar-refractivity contribution < 1.29 is 0 Å². The van der Waals surface area contributed by atoms with Crippen LogP contribution in [-0.2, 0) is 6.54 Å². The van der Waals surface area contributed by atoms with E-state index in [1.165, 1.54) is 27.8 Å². The van der Waals surface area contributed by atoms with Crippen LogP contribution in [0.1, 0.15) is 22.3 Å². The number of aryl methyl sites for hydroxylation is 3. The van der Waals surface area contributed by atoms with Crippen LogP contribution >= 0.6 is 0 Å². The molecule has 2 heteroatoms. The Kier molecular flexibility index (Phi) is 3.89. The van der Waals surface area contributed by atoms with Crippen molar-refractivity contribution >= 4 is 11.0 Å². The van der Waals surface area contributed by atoms with Crippen molar-refractivity contribution in [1.29, 1.82) is 0 Å². The van der Waals surface area contributed by atoms with Crippen LogP contribution in [0.15, 0.2) is 66.7 Å². The highest BCUT2D eigenvalue weighted by molar-refractivity contribution is 5.80. The minimum absolute atomic E-state index is 0.836. The second-order valence-electron chi connectivity index (χ2n) is 6.75. The first-order valence-electron chi connectivity index (χ1n) is 8.71. The predicted octanol–water partition coefficient (Wildman–Crippen LogP) is 5.68. The van der Waals surface area contributed by atoms with Gasteiger partial charge in [-0.2, -0.15) is 0 Å². The number of imidazole rings is 1. The highest BCUT2D eigenvalue weighted by Gasteiger charge is 2.14. The topological polar surface area (TPSA) is 17.8 Å². The summed E-state index contributed by atoms with van der Waals surface area (Å²) >= 11 is 0. The maximum atomic E-state index is 4.92. The van der Waals surface area contributed by atoms with Crippen molar-refractivity contribution in [2.24, 2.45) is 0 Å². The molecule has 4 aromatic rings. The number of para-hydroxylation sites is 2. The molecule has 0 bridgehead atoms. The van der Waals surface area contributed by atoms with E-state index in [4.69, 9.17) is 4.98 Å². The number of hydrogen-bond acceptors (Lipinski definition) is 1. The van der Waals surface area contributed by atoms with Crippen LogP contribution in [0.5, 0.6) is 0 Å². The van der Waals surface area contributed by atoms with Crippen LogP contribution in [0.2, 0.25) is 0 Å². The Labute approximate surface area is 148 Å². The van der Waals surface area contributed by atoms with Gasteiger partial charge in [-0.05, 0) is 49.6 Å². The molecule has 0 aliphatic carbocycles. The van der Waals surface area contributed by atoms with Gasteiger partial charge in [0.1, 0.15) is 5.82 Å². The molecule has 0 radical (unpaired) electrons. The average molecular weight is 326 g/mol. The zero-order chi connectivity index (χ0) is 17.4. The third-order valence-electron chi connectivity index (χ3n) is 4.84. The molecule has 124 valence electrons. The van der Waals surface area contributed by atoms with Crippen LogP contribution in [-0.4, -0.2) is 9.55 Å². The third kappa shape index (κ3) is 2.85. The Bertz CT molecular complexity index is 1020. The molecule has 3 aromatic carbocycles. The molecule has 0 aliphatic heterocycles. The van der Waals surface area contributed by atoms with Crippen LogP contribution in [0.25, 0.3) is 22.4 Å². The summed E-state index contributed by atoms with van der Waals surface area (Å²) in [4.78, 5) is 4.92. The van der Waals surface area contributed by atoms with Gasteiger partial charge in [0.2, 0.25) is 0 Å². The van der Waals surface area contributed by atoms with E-state index in [0.29, 0.717) is 0 Å². The molecular weight excluding hydrogens is 304 g/mol. The van der Waals surface area contributed by atoms with Gasteiger partial charge in [-0.3, -0.25) is 0 Å². The van der Waals surface area contributed by atoms with Gasteiger partial charge in [0.25, 0.3) is 0 Å².